The molecule has 1 aromatic heterocycles. The third-order valence-corrected chi connectivity index (χ3v) is 2.89. The standard InChI is InChI=1S/C14H17N3O2/c1-14(19,11-6-4-3-5-7-11)8-13(18)16-12-9-15-17(2)10-12/h3-7,9-10,19H,8H2,1-2H3,(H,16,18). The molecule has 0 aliphatic heterocycles. The second-order valence-corrected chi connectivity index (χ2v) is 4.77. The molecule has 0 fully saturated rings. The zero-order chi connectivity index (χ0) is 13.9. The Bertz CT molecular complexity index is 561. The number of hydrogen-bond acceptors (Lipinski definition) is 3. The van der Waals surface area contributed by atoms with Gasteiger partial charge < -0.3 is 10.4 Å². The molecule has 1 atom stereocenters. The Hall–Kier alpha value is -2.14. The lowest BCUT2D eigenvalue weighted by Crippen LogP contribution is -2.28. The third-order valence-electron chi connectivity index (χ3n) is 2.89. The van der Waals surface area contributed by atoms with E-state index in [4.69, 9.17) is 0 Å². The topological polar surface area (TPSA) is 67.2 Å². The van der Waals surface area contributed by atoms with Crippen molar-refractivity contribution >= 4 is 11.6 Å². The molecule has 2 N–H and O–H groups in total. The molecule has 0 aliphatic carbocycles. The fourth-order valence-corrected chi connectivity index (χ4v) is 1.90. The lowest BCUT2D eigenvalue weighted by molar-refractivity contribution is -0.120. The molecule has 1 amide bonds. The van der Waals surface area contributed by atoms with Gasteiger partial charge in [-0.15, -0.1) is 0 Å². The zero-order valence-electron chi connectivity index (χ0n) is 11.0. The average molecular weight is 259 g/mol. The first-order valence-electron chi connectivity index (χ1n) is 6.04. The molecule has 19 heavy (non-hydrogen) atoms. The van der Waals surface area contributed by atoms with Gasteiger partial charge in [0.25, 0.3) is 0 Å². The number of aryl methyl sites for hydroxylation is 1. The van der Waals surface area contributed by atoms with E-state index in [1.54, 1.807) is 43.2 Å². The van der Waals surface area contributed by atoms with Crippen LogP contribution in [0.5, 0.6) is 0 Å². The Morgan fingerprint density at radius 1 is 1.42 bits per heavy atom. The molecule has 0 aliphatic rings. The molecule has 1 unspecified atom stereocenters. The number of hydrogen-bond donors (Lipinski definition) is 2. The highest BCUT2D eigenvalue weighted by molar-refractivity contribution is 5.91. The van der Waals surface area contributed by atoms with Gasteiger partial charge in [-0.3, -0.25) is 9.48 Å². The van der Waals surface area contributed by atoms with E-state index in [1.165, 1.54) is 0 Å². The first kappa shape index (κ1) is 13.3. The van der Waals surface area contributed by atoms with Gasteiger partial charge in [-0.2, -0.15) is 5.10 Å². The Balaban J connectivity index is 2.02. The van der Waals surface area contributed by atoms with Crippen molar-refractivity contribution in [2.75, 3.05) is 5.32 Å². The van der Waals surface area contributed by atoms with Crippen molar-refractivity contribution in [3.63, 3.8) is 0 Å². The second kappa shape index (κ2) is 5.24. The van der Waals surface area contributed by atoms with Gasteiger partial charge in [-0.1, -0.05) is 30.3 Å². The van der Waals surface area contributed by atoms with E-state index in [2.05, 4.69) is 10.4 Å². The minimum absolute atomic E-state index is 0.00803. The molecular formula is C14H17N3O2. The van der Waals surface area contributed by atoms with Gasteiger partial charge >= 0.3 is 0 Å². The van der Waals surface area contributed by atoms with Crippen molar-refractivity contribution in [2.45, 2.75) is 18.9 Å². The summed E-state index contributed by atoms with van der Waals surface area (Å²) in [6.45, 7) is 1.63. The highest BCUT2D eigenvalue weighted by Gasteiger charge is 2.26. The molecule has 0 saturated carbocycles. The molecule has 1 aromatic carbocycles. The van der Waals surface area contributed by atoms with Crippen LogP contribution in [-0.2, 0) is 17.4 Å². The number of aliphatic hydroxyl groups is 1. The Kier molecular flexibility index (Phi) is 3.66. The van der Waals surface area contributed by atoms with E-state index in [0.29, 0.717) is 5.69 Å². The normalized spacial score (nSPS) is 13.8. The number of carbonyl (C=O) groups excluding carboxylic acids is 1. The first-order valence-corrected chi connectivity index (χ1v) is 6.04. The summed E-state index contributed by atoms with van der Waals surface area (Å²) in [4.78, 5) is 11.9. The number of benzene rings is 1. The van der Waals surface area contributed by atoms with E-state index in [1.807, 2.05) is 18.2 Å². The van der Waals surface area contributed by atoms with Crippen LogP contribution in [0.1, 0.15) is 18.9 Å². The lowest BCUT2D eigenvalue weighted by Gasteiger charge is -2.22. The minimum atomic E-state index is -1.19. The van der Waals surface area contributed by atoms with Crippen LogP contribution in [0.4, 0.5) is 5.69 Å². The molecule has 0 spiro atoms. The van der Waals surface area contributed by atoms with E-state index < -0.39 is 5.60 Å². The fraction of sp³-hybridized carbons (Fsp3) is 0.286. The van der Waals surface area contributed by atoms with E-state index in [-0.39, 0.29) is 12.3 Å². The van der Waals surface area contributed by atoms with Gasteiger partial charge in [0.2, 0.25) is 5.91 Å². The average Bonchev–Trinajstić information content (AvgIpc) is 2.75. The number of carbonyl (C=O) groups is 1. The molecule has 0 radical (unpaired) electrons. The van der Waals surface area contributed by atoms with Crippen LogP contribution in [0.25, 0.3) is 0 Å². The quantitative estimate of drug-likeness (QED) is 0.877. The summed E-state index contributed by atoms with van der Waals surface area (Å²) in [7, 11) is 1.77. The van der Waals surface area contributed by atoms with Crippen molar-refractivity contribution in [1.29, 1.82) is 0 Å². The first-order chi connectivity index (χ1) is 8.97. The summed E-state index contributed by atoms with van der Waals surface area (Å²) < 4.78 is 1.60. The van der Waals surface area contributed by atoms with Crippen LogP contribution in [0, 0.1) is 0 Å². The van der Waals surface area contributed by atoms with Crippen molar-refractivity contribution in [1.82, 2.24) is 9.78 Å². The van der Waals surface area contributed by atoms with E-state index >= 15 is 0 Å². The predicted octanol–water partition coefficient (Wildman–Crippen LogP) is 1.66. The summed E-state index contributed by atoms with van der Waals surface area (Å²) in [5.74, 6) is -0.248. The molecule has 5 heteroatoms. The Morgan fingerprint density at radius 3 is 2.68 bits per heavy atom. The largest absolute Gasteiger partial charge is 0.385 e. The van der Waals surface area contributed by atoms with Crippen LogP contribution in [0.15, 0.2) is 42.7 Å². The summed E-state index contributed by atoms with van der Waals surface area (Å²) in [6, 6.07) is 9.15. The molecule has 5 nitrogen and oxygen atoms in total. The Labute approximate surface area is 111 Å². The number of amides is 1. The maximum absolute atomic E-state index is 11.9. The van der Waals surface area contributed by atoms with Gasteiger partial charge in [0.15, 0.2) is 0 Å². The summed E-state index contributed by atoms with van der Waals surface area (Å²) in [5, 5.41) is 17.0. The van der Waals surface area contributed by atoms with E-state index in [9.17, 15) is 9.90 Å². The molecular weight excluding hydrogens is 242 g/mol. The monoisotopic (exact) mass is 259 g/mol. The molecule has 2 aromatic rings. The molecule has 0 bridgehead atoms. The van der Waals surface area contributed by atoms with Gasteiger partial charge in [-0.05, 0) is 12.5 Å². The fourth-order valence-electron chi connectivity index (χ4n) is 1.90. The molecule has 0 saturated heterocycles. The maximum Gasteiger partial charge on any atom is 0.227 e. The Morgan fingerprint density at radius 2 is 2.11 bits per heavy atom. The smallest absolute Gasteiger partial charge is 0.227 e. The van der Waals surface area contributed by atoms with Crippen molar-refractivity contribution in [3.8, 4) is 0 Å². The maximum atomic E-state index is 11.9. The molecule has 100 valence electrons. The van der Waals surface area contributed by atoms with Gasteiger partial charge in [0.05, 0.1) is 23.9 Å². The van der Waals surface area contributed by atoms with Crippen LogP contribution in [0.2, 0.25) is 0 Å². The van der Waals surface area contributed by atoms with Crippen molar-refractivity contribution < 1.29 is 9.90 Å². The van der Waals surface area contributed by atoms with Crippen LogP contribution >= 0.6 is 0 Å². The number of nitrogens with zero attached hydrogens (tertiary/aromatic N) is 2. The third kappa shape index (κ3) is 3.42. The van der Waals surface area contributed by atoms with Crippen LogP contribution in [0.3, 0.4) is 0 Å². The SMILES string of the molecule is Cn1cc(NC(=O)CC(C)(O)c2ccccc2)cn1. The van der Waals surface area contributed by atoms with Gasteiger partial charge in [0.1, 0.15) is 0 Å². The van der Waals surface area contributed by atoms with Crippen molar-refractivity contribution in [2.24, 2.45) is 7.05 Å². The summed E-state index contributed by atoms with van der Waals surface area (Å²) >= 11 is 0. The predicted molar refractivity (Wildman–Crippen MR) is 72.5 cm³/mol. The number of aromatic nitrogens is 2. The number of rotatable bonds is 4. The minimum Gasteiger partial charge on any atom is -0.385 e. The van der Waals surface area contributed by atoms with Crippen LogP contribution in [-0.4, -0.2) is 20.8 Å². The summed E-state index contributed by atoms with van der Waals surface area (Å²) in [5.41, 5.74) is 0.154. The number of anilines is 1. The summed E-state index contributed by atoms with van der Waals surface area (Å²) in [6.07, 6.45) is 3.26. The highest BCUT2D eigenvalue weighted by Crippen LogP contribution is 2.24. The lowest BCUT2D eigenvalue weighted by atomic mass is 9.92. The number of nitrogens with one attached hydrogen (secondary N) is 1. The zero-order valence-corrected chi connectivity index (χ0v) is 11.0. The molecule has 1 heterocycles. The van der Waals surface area contributed by atoms with Crippen molar-refractivity contribution in [3.05, 3.63) is 48.3 Å². The van der Waals surface area contributed by atoms with Gasteiger partial charge in [-0.25, -0.2) is 0 Å². The van der Waals surface area contributed by atoms with E-state index in [0.717, 1.165) is 5.56 Å². The second-order valence-electron chi connectivity index (χ2n) is 4.77. The van der Waals surface area contributed by atoms with Gasteiger partial charge in [0, 0.05) is 13.2 Å². The molecule has 2 rings (SSSR count). The highest BCUT2D eigenvalue weighted by atomic mass is 16.3. The van der Waals surface area contributed by atoms with Crippen LogP contribution < -0.4 is 5.32 Å².